The number of hydrogen-bond acceptors (Lipinski definition) is 5. The summed E-state index contributed by atoms with van der Waals surface area (Å²) in [7, 11) is 0. The van der Waals surface area contributed by atoms with Gasteiger partial charge in [-0.1, -0.05) is 49.3 Å². The number of benzene rings is 2. The third-order valence-electron chi connectivity index (χ3n) is 3.88. The molecule has 1 heterocycles. The molecule has 0 bridgehead atoms. The van der Waals surface area contributed by atoms with Gasteiger partial charge >= 0.3 is 0 Å². The molecule has 6 nitrogen and oxygen atoms in total. The zero-order valence-electron chi connectivity index (χ0n) is 15.0. The minimum atomic E-state index is -0.394. The lowest BCUT2D eigenvalue weighted by Gasteiger charge is -2.12. The van der Waals surface area contributed by atoms with Crippen molar-refractivity contribution >= 4 is 29.1 Å². The number of hydrogen-bond donors (Lipinski definition) is 0. The Balaban J connectivity index is 1.82. The average molecular weight is 403 g/mol. The van der Waals surface area contributed by atoms with E-state index in [1.165, 1.54) is 12.1 Å². The first-order valence-corrected chi connectivity index (χ1v) is 9.85. The molecule has 0 aliphatic rings. The summed E-state index contributed by atoms with van der Waals surface area (Å²) in [5.74, 6) is 1.91. The highest BCUT2D eigenvalue weighted by molar-refractivity contribution is 7.98. The van der Waals surface area contributed by atoms with Gasteiger partial charge in [0.15, 0.2) is 11.0 Å². The Morgan fingerprint density at radius 1 is 1.11 bits per heavy atom. The molecule has 0 unspecified atom stereocenters. The lowest BCUT2D eigenvalue weighted by molar-refractivity contribution is -0.384. The summed E-state index contributed by atoms with van der Waals surface area (Å²) >= 11 is 7.56. The second kappa shape index (κ2) is 8.54. The van der Waals surface area contributed by atoms with E-state index >= 15 is 0 Å². The van der Waals surface area contributed by atoms with E-state index in [1.807, 2.05) is 24.3 Å². The molecule has 0 amide bonds. The number of nitro groups is 1. The molecule has 27 heavy (non-hydrogen) atoms. The lowest BCUT2D eigenvalue weighted by Crippen LogP contribution is -2.07. The van der Waals surface area contributed by atoms with Gasteiger partial charge in [0.05, 0.1) is 4.92 Å². The van der Waals surface area contributed by atoms with Gasteiger partial charge in [0.2, 0.25) is 0 Å². The zero-order valence-corrected chi connectivity index (χ0v) is 16.6. The van der Waals surface area contributed by atoms with E-state index in [0.29, 0.717) is 16.7 Å². The number of nitro benzene ring substituents is 1. The van der Waals surface area contributed by atoms with Crippen molar-refractivity contribution in [1.82, 2.24) is 14.8 Å². The van der Waals surface area contributed by atoms with E-state index < -0.39 is 4.92 Å². The van der Waals surface area contributed by atoms with Crippen LogP contribution >= 0.6 is 23.4 Å². The van der Waals surface area contributed by atoms with Crippen LogP contribution in [-0.2, 0) is 12.3 Å². The van der Waals surface area contributed by atoms with Gasteiger partial charge in [-0.3, -0.25) is 10.1 Å². The van der Waals surface area contributed by atoms with Crippen molar-refractivity contribution < 1.29 is 4.92 Å². The van der Waals surface area contributed by atoms with Gasteiger partial charge in [0.1, 0.15) is 0 Å². The molecule has 0 saturated carbocycles. The maximum absolute atomic E-state index is 10.8. The van der Waals surface area contributed by atoms with Gasteiger partial charge in [0, 0.05) is 35.0 Å². The number of aromatic nitrogens is 3. The monoisotopic (exact) mass is 402 g/mol. The van der Waals surface area contributed by atoms with E-state index in [-0.39, 0.29) is 5.69 Å². The molecule has 0 aliphatic carbocycles. The molecule has 0 radical (unpaired) electrons. The van der Waals surface area contributed by atoms with E-state index in [4.69, 9.17) is 11.6 Å². The fourth-order valence-corrected chi connectivity index (χ4v) is 3.63. The minimum absolute atomic E-state index is 0.0942. The molecule has 0 spiro atoms. The molecule has 8 heteroatoms. The fraction of sp³-hybridized carbons (Fsp3) is 0.263. The number of non-ortho nitro benzene ring substituents is 1. The molecule has 0 N–H and O–H groups in total. The number of rotatable bonds is 7. The largest absolute Gasteiger partial charge is 0.302 e. The van der Waals surface area contributed by atoms with Gasteiger partial charge in [0.25, 0.3) is 5.69 Å². The van der Waals surface area contributed by atoms with Crippen molar-refractivity contribution in [1.29, 1.82) is 0 Å². The maximum Gasteiger partial charge on any atom is 0.269 e. The molecule has 3 aromatic rings. The van der Waals surface area contributed by atoms with Crippen LogP contribution in [0.1, 0.15) is 19.4 Å². The molecule has 140 valence electrons. The first kappa shape index (κ1) is 19.4. The smallest absolute Gasteiger partial charge is 0.269 e. The molecule has 3 rings (SSSR count). The Hall–Kier alpha value is -2.38. The third kappa shape index (κ3) is 4.87. The second-order valence-corrected chi connectivity index (χ2v) is 7.91. The van der Waals surface area contributed by atoms with Gasteiger partial charge in [-0.05, 0) is 35.7 Å². The minimum Gasteiger partial charge on any atom is -0.302 e. The van der Waals surface area contributed by atoms with Crippen LogP contribution in [0.3, 0.4) is 0 Å². The van der Waals surface area contributed by atoms with Crippen LogP contribution in [0.2, 0.25) is 5.02 Å². The molecular weight excluding hydrogens is 384 g/mol. The van der Waals surface area contributed by atoms with Crippen LogP contribution in [-0.4, -0.2) is 19.7 Å². The van der Waals surface area contributed by atoms with Gasteiger partial charge < -0.3 is 4.57 Å². The molecular formula is C19H19ClN4O2S. The molecule has 0 atom stereocenters. The normalized spacial score (nSPS) is 11.1. The van der Waals surface area contributed by atoms with Gasteiger partial charge in [-0.25, -0.2) is 0 Å². The molecule has 0 saturated heterocycles. The predicted molar refractivity (Wildman–Crippen MR) is 108 cm³/mol. The highest BCUT2D eigenvalue weighted by Gasteiger charge is 2.16. The average Bonchev–Trinajstić information content (AvgIpc) is 3.03. The Bertz CT molecular complexity index is 924. The summed E-state index contributed by atoms with van der Waals surface area (Å²) in [5, 5.41) is 21.0. The summed E-state index contributed by atoms with van der Waals surface area (Å²) in [6.07, 6.45) is 0. The van der Waals surface area contributed by atoms with E-state index in [1.54, 1.807) is 23.9 Å². The first-order valence-electron chi connectivity index (χ1n) is 8.49. The Kier molecular flexibility index (Phi) is 6.13. The van der Waals surface area contributed by atoms with E-state index in [9.17, 15) is 10.1 Å². The lowest BCUT2D eigenvalue weighted by atomic mass is 10.2. The number of thioether (sulfide) groups is 1. The molecule has 1 aromatic heterocycles. The van der Waals surface area contributed by atoms with Crippen molar-refractivity contribution in [3.8, 4) is 11.4 Å². The summed E-state index contributed by atoms with van der Waals surface area (Å²) in [5.41, 5.74) is 2.06. The van der Waals surface area contributed by atoms with Crippen molar-refractivity contribution in [3.05, 3.63) is 69.2 Å². The van der Waals surface area contributed by atoms with Crippen LogP contribution in [0.4, 0.5) is 5.69 Å². The van der Waals surface area contributed by atoms with Crippen LogP contribution < -0.4 is 0 Å². The summed E-state index contributed by atoms with van der Waals surface area (Å²) in [6, 6.07) is 14.1. The van der Waals surface area contributed by atoms with Crippen molar-refractivity contribution in [2.24, 2.45) is 5.92 Å². The van der Waals surface area contributed by atoms with Crippen LogP contribution in [0, 0.1) is 16.0 Å². The maximum atomic E-state index is 10.8. The zero-order chi connectivity index (χ0) is 19.4. The third-order valence-corrected chi connectivity index (χ3v) is 5.17. The second-order valence-electron chi connectivity index (χ2n) is 6.53. The summed E-state index contributed by atoms with van der Waals surface area (Å²) < 4.78 is 2.12. The number of nitrogens with zero attached hydrogens (tertiary/aromatic N) is 4. The van der Waals surface area contributed by atoms with Gasteiger partial charge in [-0.2, -0.15) is 0 Å². The van der Waals surface area contributed by atoms with Crippen molar-refractivity contribution in [2.75, 3.05) is 0 Å². The van der Waals surface area contributed by atoms with Crippen molar-refractivity contribution in [2.45, 2.75) is 31.3 Å². The highest BCUT2D eigenvalue weighted by atomic mass is 35.5. The van der Waals surface area contributed by atoms with Gasteiger partial charge in [-0.15, -0.1) is 10.2 Å². The van der Waals surface area contributed by atoms with Crippen LogP contribution in [0.25, 0.3) is 11.4 Å². The highest BCUT2D eigenvalue weighted by Crippen LogP contribution is 2.28. The van der Waals surface area contributed by atoms with Crippen LogP contribution in [0.15, 0.2) is 53.7 Å². The standard InChI is InChI=1S/C19H19ClN4O2S/c1-13(2)11-23-18(15-5-7-16(20)8-6-15)21-22-19(23)27-12-14-3-9-17(10-4-14)24(25)26/h3-10,13H,11-12H2,1-2H3. The van der Waals surface area contributed by atoms with Crippen molar-refractivity contribution in [3.63, 3.8) is 0 Å². The summed E-state index contributed by atoms with van der Waals surface area (Å²) in [4.78, 5) is 10.4. The van der Waals surface area contributed by atoms with E-state index in [0.717, 1.165) is 28.7 Å². The quantitative estimate of drug-likeness (QED) is 0.298. The Morgan fingerprint density at radius 2 is 1.78 bits per heavy atom. The topological polar surface area (TPSA) is 73.8 Å². The van der Waals surface area contributed by atoms with Crippen LogP contribution in [0.5, 0.6) is 0 Å². The van der Waals surface area contributed by atoms with E-state index in [2.05, 4.69) is 28.6 Å². The Labute approximate surface area is 166 Å². The summed E-state index contributed by atoms with van der Waals surface area (Å²) in [6.45, 7) is 5.10. The molecule has 0 fully saturated rings. The molecule has 0 aliphatic heterocycles. The SMILES string of the molecule is CC(C)Cn1c(SCc2ccc([N+](=O)[O-])cc2)nnc1-c1ccc(Cl)cc1. The predicted octanol–water partition coefficient (Wildman–Crippen LogP) is 5.46. The Morgan fingerprint density at radius 3 is 2.37 bits per heavy atom. The molecule has 2 aromatic carbocycles. The fourth-order valence-electron chi connectivity index (χ4n) is 2.60. The number of halogens is 1. The first-order chi connectivity index (χ1) is 12.9.